The minimum atomic E-state index is -0.0958. The Kier molecular flexibility index (Phi) is 6.43. The van der Waals surface area contributed by atoms with Crippen molar-refractivity contribution in [1.82, 2.24) is 10.6 Å². The van der Waals surface area contributed by atoms with E-state index in [-0.39, 0.29) is 18.4 Å². The van der Waals surface area contributed by atoms with Gasteiger partial charge in [0, 0.05) is 12.6 Å². The molecule has 0 aromatic heterocycles. The Morgan fingerprint density at radius 3 is 2.42 bits per heavy atom. The molecule has 2 rings (SSSR count). The highest BCUT2D eigenvalue weighted by molar-refractivity contribution is 5.79. The highest BCUT2D eigenvalue weighted by atomic mass is 16.5. The molecule has 132 valence electrons. The van der Waals surface area contributed by atoms with E-state index in [0.29, 0.717) is 30.6 Å². The average Bonchev–Trinajstić information content (AvgIpc) is 3.36. The summed E-state index contributed by atoms with van der Waals surface area (Å²) in [6.07, 6.45) is 2.13. The first-order valence-corrected chi connectivity index (χ1v) is 8.10. The zero-order valence-electron chi connectivity index (χ0n) is 14.5. The van der Waals surface area contributed by atoms with Gasteiger partial charge >= 0.3 is 0 Å². The van der Waals surface area contributed by atoms with Gasteiger partial charge < -0.3 is 25.0 Å². The fraction of sp³-hybridized carbons (Fsp3) is 0.529. The first-order valence-electron chi connectivity index (χ1n) is 8.10. The van der Waals surface area contributed by atoms with Crippen LogP contribution in [0.4, 0.5) is 0 Å². The number of amides is 2. The van der Waals surface area contributed by atoms with Gasteiger partial charge in [-0.05, 0) is 30.5 Å². The lowest BCUT2D eigenvalue weighted by Crippen LogP contribution is -3.11. The third-order valence-electron chi connectivity index (χ3n) is 3.80. The van der Waals surface area contributed by atoms with Gasteiger partial charge in [0.2, 0.25) is 0 Å². The van der Waals surface area contributed by atoms with Gasteiger partial charge in [-0.15, -0.1) is 0 Å². The van der Waals surface area contributed by atoms with Crippen molar-refractivity contribution in [3.63, 3.8) is 0 Å². The molecule has 0 radical (unpaired) electrons. The molecule has 1 saturated carbocycles. The van der Waals surface area contributed by atoms with Crippen molar-refractivity contribution in [3.05, 3.63) is 23.8 Å². The lowest BCUT2D eigenvalue weighted by atomic mass is 10.2. The maximum Gasteiger partial charge on any atom is 0.275 e. The summed E-state index contributed by atoms with van der Waals surface area (Å²) in [5.74, 6) is 1.19. The van der Waals surface area contributed by atoms with Crippen LogP contribution in [0.15, 0.2) is 18.2 Å². The summed E-state index contributed by atoms with van der Waals surface area (Å²) in [6.45, 7) is 0.965. The summed E-state index contributed by atoms with van der Waals surface area (Å²) < 4.78 is 10.4. The minimum absolute atomic E-state index is 0.00249. The van der Waals surface area contributed by atoms with Crippen LogP contribution in [0, 0.1) is 0 Å². The summed E-state index contributed by atoms with van der Waals surface area (Å²) >= 11 is 0. The number of carbonyl (C=O) groups is 2. The molecule has 0 aliphatic heterocycles. The lowest BCUT2D eigenvalue weighted by molar-refractivity contribution is -0.862. The molecule has 1 fully saturated rings. The first kappa shape index (κ1) is 18.1. The first-order chi connectivity index (χ1) is 11.5. The number of hydrogen-bond acceptors (Lipinski definition) is 4. The summed E-state index contributed by atoms with van der Waals surface area (Å²) in [5.41, 5.74) is 0.921. The Labute approximate surface area is 142 Å². The Bertz CT molecular complexity index is 587. The normalized spacial score (nSPS) is 14.6. The van der Waals surface area contributed by atoms with Crippen LogP contribution >= 0.6 is 0 Å². The number of hydrogen-bond donors (Lipinski definition) is 3. The smallest absolute Gasteiger partial charge is 0.275 e. The highest BCUT2D eigenvalue weighted by Gasteiger charge is 2.24. The third-order valence-corrected chi connectivity index (χ3v) is 3.80. The molecule has 1 aliphatic rings. The molecule has 0 heterocycles. The molecule has 1 aromatic rings. The van der Waals surface area contributed by atoms with Gasteiger partial charge in [0.1, 0.15) is 0 Å². The predicted molar refractivity (Wildman–Crippen MR) is 89.2 cm³/mol. The fourth-order valence-electron chi connectivity index (χ4n) is 2.37. The number of methoxy groups -OCH3 is 2. The van der Waals surface area contributed by atoms with Crippen LogP contribution in [0.5, 0.6) is 11.5 Å². The number of likely N-dealkylation sites (N-methyl/N-ethyl adjacent to an activating group) is 1. The van der Waals surface area contributed by atoms with E-state index in [1.165, 1.54) is 0 Å². The van der Waals surface area contributed by atoms with Crippen LogP contribution in [-0.4, -0.2) is 52.2 Å². The maximum absolute atomic E-state index is 12.0. The number of nitrogens with one attached hydrogen (secondary N) is 3. The van der Waals surface area contributed by atoms with Gasteiger partial charge in [-0.1, -0.05) is 6.07 Å². The van der Waals surface area contributed by atoms with E-state index < -0.39 is 0 Å². The van der Waals surface area contributed by atoms with Crippen molar-refractivity contribution in [2.75, 3.05) is 34.4 Å². The topological polar surface area (TPSA) is 81.1 Å². The molecule has 2 amide bonds. The zero-order chi connectivity index (χ0) is 17.5. The van der Waals surface area contributed by atoms with Gasteiger partial charge in [-0.3, -0.25) is 9.59 Å². The molecule has 0 saturated heterocycles. The van der Waals surface area contributed by atoms with Crippen molar-refractivity contribution < 1.29 is 24.0 Å². The van der Waals surface area contributed by atoms with E-state index in [1.54, 1.807) is 20.3 Å². The van der Waals surface area contributed by atoms with Gasteiger partial charge in [-0.25, -0.2) is 0 Å². The molecule has 1 aliphatic carbocycles. The Morgan fingerprint density at radius 1 is 1.12 bits per heavy atom. The number of rotatable bonds is 9. The van der Waals surface area contributed by atoms with Crippen LogP contribution in [0.3, 0.4) is 0 Å². The van der Waals surface area contributed by atoms with Gasteiger partial charge in [0.15, 0.2) is 24.6 Å². The largest absolute Gasteiger partial charge is 0.493 e. The van der Waals surface area contributed by atoms with Crippen LogP contribution < -0.4 is 25.0 Å². The summed E-state index contributed by atoms with van der Waals surface area (Å²) in [4.78, 5) is 24.6. The summed E-state index contributed by atoms with van der Waals surface area (Å²) in [6, 6.07) is 5.86. The Balaban J connectivity index is 1.74. The van der Waals surface area contributed by atoms with Crippen LogP contribution in [0.1, 0.15) is 18.4 Å². The summed E-state index contributed by atoms with van der Waals surface area (Å²) in [5, 5.41) is 5.78. The molecular formula is C17H26N3O4+. The molecular weight excluding hydrogens is 310 g/mol. The van der Waals surface area contributed by atoms with E-state index in [4.69, 9.17) is 9.47 Å². The predicted octanol–water partition coefficient (Wildman–Crippen LogP) is -0.887. The van der Waals surface area contributed by atoms with E-state index >= 15 is 0 Å². The fourth-order valence-corrected chi connectivity index (χ4v) is 2.37. The SMILES string of the molecule is COc1ccc(CNC(=O)C[NH+](C)CC(=O)NC2CC2)cc1OC. The standard InChI is InChI=1S/C17H25N3O4/c1-20(11-17(22)19-13-5-6-13)10-16(21)18-9-12-4-7-14(23-2)15(8-12)24-3/h4,7-8,13H,5-6,9-11H2,1-3H3,(H,18,21)(H,19,22)/p+1. The van der Waals surface area contributed by atoms with Crippen molar-refractivity contribution in [1.29, 1.82) is 0 Å². The molecule has 0 spiro atoms. The van der Waals surface area contributed by atoms with E-state index in [0.717, 1.165) is 23.3 Å². The minimum Gasteiger partial charge on any atom is -0.493 e. The number of quaternary nitrogens is 1. The second-order valence-electron chi connectivity index (χ2n) is 6.12. The molecule has 1 atom stereocenters. The Morgan fingerprint density at radius 2 is 1.79 bits per heavy atom. The number of ether oxygens (including phenoxy) is 2. The van der Waals surface area contributed by atoms with E-state index in [1.807, 2.05) is 19.2 Å². The van der Waals surface area contributed by atoms with Crippen molar-refractivity contribution >= 4 is 11.8 Å². The van der Waals surface area contributed by atoms with Gasteiger partial charge in [0.05, 0.1) is 21.3 Å². The molecule has 7 heteroatoms. The third kappa shape index (κ3) is 5.73. The molecule has 1 unspecified atom stereocenters. The average molecular weight is 336 g/mol. The number of benzene rings is 1. The van der Waals surface area contributed by atoms with E-state index in [2.05, 4.69) is 10.6 Å². The Hall–Kier alpha value is -2.28. The number of carbonyl (C=O) groups excluding carboxylic acids is 2. The van der Waals surface area contributed by atoms with Crippen molar-refractivity contribution in [2.45, 2.75) is 25.4 Å². The van der Waals surface area contributed by atoms with Gasteiger partial charge in [-0.2, -0.15) is 0 Å². The second-order valence-corrected chi connectivity index (χ2v) is 6.12. The highest BCUT2D eigenvalue weighted by Crippen LogP contribution is 2.27. The van der Waals surface area contributed by atoms with Crippen LogP contribution in [0.2, 0.25) is 0 Å². The second kappa shape index (κ2) is 8.54. The van der Waals surface area contributed by atoms with Gasteiger partial charge in [0.25, 0.3) is 11.8 Å². The molecule has 1 aromatic carbocycles. The molecule has 24 heavy (non-hydrogen) atoms. The van der Waals surface area contributed by atoms with E-state index in [9.17, 15) is 9.59 Å². The van der Waals surface area contributed by atoms with Crippen molar-refractivity contribution in [3.8, 4) is 11.5 Å². The summed E-state index contributed by atoms with van der Waals surface area (Å²) in [7, 11) is 4.99. The quantitative estimate of drug-likeness (QED) is 0.547. The monoisotopic (exact) mass is 336 g/mol. The lowest BCUT2D eigenvalue weighted by Gasteiger charge is -2.14. The maximum atomic E-state index is 12.0. The zero-order valence-corrected chi connectivity index (χ0v) is 14.5. The van der Waals surface area contributed by atoms with Crippen LogP contribution in [-0.2, 0) is 16.1 Å². The van der Waals surface area contributed by atoms with Crippen LogP contribution in [0.25, 0.3) is 0 Å². The molecule has 0 bridgehead atoms. The molecule has 7 nitrogen and oxygen atoms in total. The molecule has 3 N–H and O–H groups in total. The van der Waals surface area contributed by atoms with Crippen molar-refractivity contribution in [2.24, 2.45) is 0 Å².